The monoisotopic (exact) mass is 444 g/mol. The molecule has 2 bridgehead atoms. The van der Waals surface area contributed by atoms with E-state index in [1.807, 2.05) is 13.1 Å². The van der Waals surface area contributed by atoms with Crippen LogP contribution in [0.5, 0.6) is 0 Å². The van der Waals surface area contributed by atoms with Gasteiger partial charge in [0.15, 0.2) is 5.82 Å². The average Bonchev–Trinajstić information content (AvgIpc) is 2.83. The molecule has 174 valence electrons. The van der Waals surface area contributed by atoms with Gasteiger partial charge in [-0.05, 0) is 76.3 Å². The van der Waals surface area contributed by atoms with E-state index in [4.69, 9.17) is 4.98 Å². The molecule has 3 aliphatic heterocycles. The van der Waals surface area contributed by atoms with E-state index in [0.717, 1.165) is 41.2 Å². The van der Waals surface area contributed by atoms with Gasteiger partial charge in [0, 0.05) is 42.1 Å². The molecule has 0 aliphatic carbocycles. The number of pyridine rings is 1. The molecule has 1 aromatic carbocycles. The second kappa shape index (κ2) is 8.90. The molecular weight excluding hydrogens is 408 g/mol. The molecule has 3 aliphatic rings. The molecule has 0 radical (unpaired) electrons. The number of benzene rings is 1. The van der Waals surface area contributed by atoms with Crippen LogP contribution in [0.4, 0.5) is 11.6 Å². The summed E-state index contributed by atoms with van der Waals surface area (Å²) in [6.45, 7) is 14.3. The number of rotatable bonds is 6. The van der Waals surface area contributed by atoms with Crippen LogP contribution in [0.3, 0.4) is 0 Å². The predicted molar refractivity (Wildman–Crippen MR) is 136 cm³/mol. The summed E-state index contributed by atoms with van der Waals surface area (Å²) in [4.78, 5) is 10.1. The van der Waals surface area contributed by atoms with Gasteiger partial charge in [-0.3, -0.25) is 4.90 Å². The highest BCUT2D eigenvalue weighted by Gasteiger charge is 2.39. The first-order chi connectivity index (χ1) is 16.0. The number of hydrogen-bond donors (Lipinski definition) is 1. The number of aromatic nitrogens is 3. The molecule has 0 saturated carbocycles. The lowest BCUT2D eigenvalue weighted by atomic mass is 9.90. The van der Waals surface area contributed by atoms with Crippen molar-refractivity contribution in [3.05, 3.63) is 52.8 Å². The number of aryl methyl sites for hydroxylation is 2. The summed E-state index contributed by atoms with van der Waals surface area (Å²) in [7, 11) is 0. The molecule has 6 nitrogen and oxygen atoms in total. The third kappa shape index (κ3) is 4.05. The molecule has 0 unspecified atom stereocenters. The van der Waals surface area contributed by atoms with Crippen molar-refractivity contribution in [2.45, 2.75) is 72.0 Å². The fraction of sp³-hybridized carbons (Fsp3) is 0.519. The topological polar surface area (TPSA) is 57.2 Å². The molecule has 3 saturated heterocycles. The van der Waals surface area contributed by atoms with Gasteiger partial charge in [-0.25, -0.2) is 4.98 Å². The van der Waals surface area contributed by atoms with Gasteiger partial charge in [0.1, 0.15) is 5.82 Å². The highest BCUT2D eigenvalue weighted by molar-refractivity contribution is 5.94. The van der Waals surface area contributed by atoms with Crippen LogP contribution in [0.1, 0.15) is 61.5 Å². The minimum absolute atomic E-state index is 0.135. The Bertz CT molecular complexity index is 1160. The van der Waals surface area contributed by atoms with Crippen molar-refractivity contribution >= 4 is 22.4 Å². The highest BCUT2D eigenvalue weighted by Crippen LogP contribution is 2.35. The van der Waals surface area contributed by atoms with Crippen molar-refractivity contribution in [1.82, 2.24) is 20.1 Å². The molecule has 6 rings (SSSR count). The van der Waals surface area contributed by atoms with Gasteiger partial charge in [0.05, 0.1) is 11.7 Å². The van der Waals surface area contributed by atoms with Gasteiger partial charge in [-0.1, -0.05) is 25.1 Å². The zero-order valence-corrected chi connectivity index (χ0v) is 20.6. The summed E-state index contributed by atoms with van der Waals surface area (Å²) < 4.78 is 0. The molecule has 3 aromatic rings. The molecule has 6 heteroatoms. The number of fused-ring (bicyclic) bond motifs is 4. The molecule has 3 atom stereocenters. The normalized spacial score (nSPS) is 21.5. The van der Waals surface area contributed by atoms with E-state index in [2.05, 4.69) is 77.3 Å². The first-order valence-corrected chi connectivity index (χ1v) is 12.4. The molecule has 0 amide bonds. The average molecular weight is 445 g/mol. The van der Waals surface area contributed by atoms with Crippen molar-refractivity contribution in [2.24, 2.45) is 0 Å². The van der Waals surface area contributed by atoms with Gasteiger partial charge >= 0.3 is 0 Å². The quantitative estimate of drug-likeness (QED) is 0.565. The Labute approximate surface area is 197 Å². The van der Waals surface area contributed by atoms with Crippen molar-refractivity contribution < 1.29 is 0 Å². The van der Waals surface area contributed by atoms with Gasteiger partial charge in [-0.15, -0.1) is 5.10 Å². The Balaban J connectivity index is 1.47. The fourth-order valence-electron chi connectivity index (χ4n) is 5.71. The molecule has 3 fully saturated rings. The van der Waals surface area contributed by atoms with Gasteiger partial charge in [0.25, 0.3) is 0 Å². The summed E-state index contributed by atoms with van der Waals surface area (Å²) in [5.74, 6) is 1.91. The van der Waals surface area contributed by atoms with Crippen molar-refractivity contribution in [2.75, 3.05) is 29.9 Å². The maximum atomic E-state index is 4.90. The Hall–Kier alpha value is -2.73. The molecule has 33 heavy (non-hydrogen) atoms. The zero-order chi connectivity index (χ0) is 23.1. The fourth-order valence-corrected chi connectivity index (χ4v) is 5.71. The minimum atomic E-state index is 0.135. The Morgan fingerprint density at radius 2 is 1.88 bits per heavy atom. The second-order valence-corrected chi connectivity index (χ2v) is 9.91. The summed E-state index contributed by atoms with van der Waals surface area (Å²) in [6, 6.07) is 10.1. The van der Waals surface area contributed by atoms with E-state index in [1.54, 1.807) is 0 Å². The van der Waals surface area contributed by atoms with Crippen LogP contribution in [-0.2, 0) is 0 Å². The first kappa shape index (κ1) is 22.1. The minimum Gasteiger partial charge on any atom is -0.362 e. The van der Waals surface area contributed by atoms with E-state index in [1.165, 1.54) is 42.5 Å². The van der Waals surface area contributed by atoms with Crippen LogP contribution in [0.2, 0.25) is 0 Å². The summed E-state index contributed by atoms with van der Waals surface area (Å²) in [5, 5.41) is 14.8. The van der Waals surface area contributed by atoms with Crippen molar-refractivity contribution in [1.29, 1.82) is 0 Å². The maximum Gasteiger partial charge on any atom is 0.157 e. The van der Waals surface area contributed by atoms with E-state index in [-0.39, 0.29) is 6.04 Å². The van der Waals surface area contributed by atoms with Crippen LogP contribution >= 0.6 is 0 Å². The van der Waals surface area contributed by atoms with Gasteiger partial charge in [-0.2, -0.15) is 5.10 Å². The number of hydrogen-bond acceptors (Lipinski definition) is 6. The van der Waals surface area contributed by atoms with E-state index in [0.29, 0.717) is 12.1 Å². The summed E-state index contributed by atoms with van der Waals surface area (Å²) in [5.41, 5.74) is 4.85. The lowest BCUT2D eigenvalue weighted by molar-refractivity contribution is 0.0959. The Kier molecular flexibility index (Phi) is 5.95. The van der Waals surface area contributed by atoms with E-state index < -0.39 is 0 Å². The maximum absolute atomic E-state index is 4.90. The van der Waals surface area contributed by atoms with E-state index in [9.17, 15) is 0 Å². The highest BCUT2D eigenvalue weighted by atomic mass is 15.3. The van der Waals surface area contributed by atoms with Crippen LogP contribution in [0, 0.1) is 20.8 Å². The Morgan fingerprint density at radius 3 is 2.64 bits per heavy atom. The third-order valence-electron chi connectivity index (χ3n) is 7.75. The molecule has 5 heterocycles. The lowest BCUT2D eigenvalue weighted by Crippen LogP contribution is -2.63. The van der Waals surface area contributed by atoms with Crippen LogP contribution < -0.4 is 10.2 Å². The van der Waals surface area contributed by atoms with Crippen LogP contribution in [0.15, 0.2) is 30.5 Å². The van der Waals surface area contributed by atoms with Gasteiger partial charge < -0.3 is 10.2 Å². The lowest BCUT2D eigenvalue weighted by Gasteiger charge is -2.52. The largest absolute Gasteiger partial charge is 0.362 e. The summed E-state index contributed by atoms with van der Waals surface area (Å²) >= 11 is 0. The van der Waals surface area contributed by atoms with Crippen molar-refractivity contribution in [3.8, 4) is 0 Å². The van der Waals surface area contributed by atoms with Crippen LogP contribution in [0.25, 0.3) is 10.8 Å². The Morgan fingerprint density at radius 1 is 1.06 bits per heavy atom. The zero-order valence-electron chi connectivity index (χ0n) is 20.6. The molecule has 0 spiro atoms. The molecule has 1 N–H and O–H groups in total. The predicted octanol–water partition coefficient (Wildman–Crippen LogP) is 5.19. The van der Waals surface area contributed by atoms with Gasteiger partial charge in [0.2, 0.25) is 0 Å². The number of anilines is 2. The van der Waals surface area contributed by atoms with Crippen LogP contribution in [-0.4, -0.2) is 51.8 Å². The van der Waals surface area contributed by atoms with E-state index >= 15 is 0 Å². The first-order valence-electron chi connectivity index (χ1n) is 12.4. The number of nitrogens with one attached hydrogen (secondary N) is 1. The molecular formula is C27H36N6. The summed E-state index contributed by atoms with van der Waals surface area (Å²) in [6.07, 6.45) is 5.78. The number of piperazine rings is 1. The molecule has 2 aromatic heterocycles. The smallest absolute Gasteiger partial charge is 0.157 e. The third-order valence-corrected chi connectivity index (χ3v) is 7.75. The number of nitrogens with zero attached hydrogens (tertiary/aromatic N) is 5. The standard InChI is InChI=1S/C27H36N6/c1-6-12-32-15-22-11-10-21(32)16-33(22)26-13-24-25(14-28-26)20(5)30-31-27(24)29-19(4)23-9-7-8-17(2)18(23)3/h7-9,13-14,19,21-22H,6,10-12,15-16H2,1-5H3,(H,29,31)/t19-,21-,22-/m1/s1. The second-order valence-electron chi connectivity index (χ2n) is 9.91. The SMILES string of the molecule is CCCN1C[C@H]2CC[C@@H]1CN2c1cc2c(N[C@H](C)c3cccc(C)c3C)nnc(C)c2cn1. The van der Waals surface area contributed by atoms with Crippen molar-refractivity contribution in [3.63, 3.8) is 0 Å². The number of piperidine rings is 2.